The Balaban J connectivity index is 1.88. The number of nitrogens with one attached hydrogen (secondary N) is 1. The van der Waals surface area contributed by atoms with Crippen LogP contribution < -0.4 is 9.62 Å². The Hall–Kier alpha value is -2.61. The zero-order chi connectivity index (χ0) is 20.1. The number of carboxylic acids is 1. The van der Waals surface area contributed by atoms with Crippen molar-refractivity contribution in [3.8, 4) is 0 Å². The zero-order valence-corrected chi connectivity index (χ0v) is 16.7. The van der Waals surface area contributed by atoms with Crippen molar-refractivity contribution in [3.63, 3.8) is 0 Å². The fourth-order valence-corrected chi connectivity index (χ4v) is 4.35. The second kappa shape index (κ2) is 8.60. The molecule has 1 saturated heterocycles. The highest BCUT2D eigenvalue weighted by Crippen LogP contribution is 2.25. The zero-order valence-electron chi connectivity index (χ0n) is 15.9. The number of benzene rings is 1. The summed E-state index contributed by atoms with van der Waals surface area (Å²) in [7, 11) is -3.82. The highest BCUT2D eigenvalue weighted by atomic mass is 32.2. The molecule has 7 nitrogen and oxygen atoms in total. The molecule has 3 rings (SSSR count). The number of sulfonamides is 1. The van der Waals surface area contributed by atoms with Gasteiger partial charge in [-0.3, -0.25) is 4.72 Å². The molecular formula is C20H25N3O4S. The van der Waals surface area contributed by atoms with Crippen LogP contribution in [0, 0.1) is 6.92 Å². The molecule has 0 aliphatic carbocycles. The largest absolute Gasteiger partial charge is 0.478 e. The van der Waals surface area contributed by atoms with Crippen molar-refractivity contribution in [1.29, 1.82) is 0 Å². The minimum absolute atomic E-state index is 0.00433. The van der Waals surface area contributed by atoms with Crippen molar-refractivity contribution < 1.29 is 18.3 Å². The van der Waals surface area contributed by atoms with E-state index < -0.39 is 16.0 Å². The molecular weight excluding hydrogens is 378 g/mol. The highest BCUT2D eigenvalue weighted by Gasteiger charge is 2.21. The van der Waals surface area contributed by atoms with Gasteiger partial charge in [0.2, 0.25) is 0 Å². The Morgan fingerprint density at radius 1 is 1.07 bits per heavy atom. The lowest BCUT2D eigenvalue weighted by molar-refractivity contribution is 0.0697. The van der Waals surface area contributed by atoms with Crippen LogP contribution in [0.2, 0.25) is 0 Å². The van der Waals surface area contributed by atoms with Gasteiger partial charge in [-0.1, -0.05) is 37.0 Å². The topological polar surface area (TPSA) is 99.6 Å². The minimum Gasteiger partial charge on any atom is -0.478 e. The van der Waals surface area contributed by atoms with Gasteiger partial charge in [-0.2, -0.15) is 0 Å². The molecule has 1 aliphatic heterocycles. The number of aromatic nitrogens is 1. The SMILES string of the molecule is Cc1ccc(S(=O)(=O)Nc2cnc(N3CCCCCCC3)c(C(=O)O)c2)cc1. The standard InChI is InChI=1S/C20H25N3O4S/c1-15-7-9-17(10-8-15)28(26,27)22-16-13-18(20(24)25)19(21-14-16)23-11-5-3-2-4-6-12-23/h7-10,13-14,22H,2-6,11-12H2,1H3,(H,24,25). The molecule has 28 heavy (non-hydrogen) atoms. The maximum absolute atomic E-state index is 12.6. The quantitative estimate of drug-likeness (QED) is 0.790. The molecule has 2 heterocycles. The first-order chi connectivity index (χ1) is 13.4. The van der Waals surface area contributed by atoms with Crippen LogP contribution in [-0.2, 0) is 10.0 Å². The van der Waals surface area contributed by atoms with E-state index in [-0.39, 0.29) is 16.1 Å². The Morgan fingerprint density at radius 3 is 2.29 bits per heavy atom. The summed E-state index contributed by atoms with van der Waals surface area (Å²) in [6.45, 7) is 3.37. The third kappa shape index (κ3) is 4.81. The molecule has 150 valence electrons. The van der Waals surface area contributed by atoms with Crippen LogP contribution in [0.15, 0.2) is 41.4 Å². The lowest BCUT2D eigenvalue weighted by Crippen LogP contribution is -2.29. The molecule has 0 bridgehead atoms. The monoisotopic (exact) mass is 403 g/mol. The Bertz CT molecular complexity index is 934. The van der Waals surface area contributed by atoms with Crippen molar-refractivity contribution in [2.45, 2.75) is 43.9 Å². The van der Waals surface area contributed by atoms with E-state index in [0.717, 1.165) is 44.3 Å². The number of pyridine rings is 1. The van der Waals surface area contributed by atoms with Crippen LogP contribution in [0.3, 0.4) is 0 Å². The van der Waals surface area contributed by atoms with Crippen molar-refractivity contribution in [1.82, 2.24) is 4.98 Å². The summed E-state index contributed by atoms with van der Waals surface area (Å²) in [6.07, 6.45) is 6.80. The fourth-order valence-electron chi connectivity index (χ4n) is 3.31. The van der Waals surface area contributed by atoms with Crippen molar-refractivity contribution in [3.05, 3.63) is 47.7 Å². The number of carboxylic acid groups (broad SMARTS) is 1. The minimum atomic E-state index is -3.82. The number of hydrogen-bond donors (Lipinski definition) is 2. The predicted octanol–water partition coefficient (Wildman–Crippen LogP) is 3.66. The predicted molar refractivity (Wildman–Crippen MR) is 108 cm³/mol. The van der Waals surface area contributed by atoms with Crippen LogP contribution in [0.1, 0.15) is 48.0 Å². The normalized spacial score (nSPS) is 15.5. The average Bonchev–Trinajstić information content (AvgIpc) is 2.62. The van der Waals surface area contributed by atoms with Gasteiger partial charge in [-0.15, -0.1) is 0 Å². The van der Waals surface area contributed by atoms with Gasteiger partial charge < -0.3 is 10.0 Å². The molecule has 2 aromatic rings. The lowest BCUT2D eigenvalue weighted by atomic mass is 10.1. The first kappa shape index (κ1) is 20.1. The van der Waals surface area contributed by atoms with Crippen LogP contribution in [-0.4, -0.2) is 37.6 Å². The number of carbonyl (C=O) groups is 1. The van der Waals surface area contributed by atoms with E-state index >= 15 is 0 Å². The molecule has 1 fully saturated rings. The second-order valence-electron chi connectivity index (χ2n) is 7.07. The Labute approximate surface area is 165 Å². The highest BCUT2D eigenvalue weighted by molar-refractivity contribution is 7.92. The van der Waals surface area contributed by atoms with Crippen LogP contribution in [0.25, 0.3) is 0 Å². The number of nitrogens with zero attached hydrogens (tertiary/aromatic N) is 2. The van der Waals surface area contributed by atoms with Gasteiger partial charge in [0.05, 0.1) is 16.8 Å². The molecule has 0 spiro atoms. The van der Waals surface area contributed by atoms with Gasteiger partial charge >= 0.3 is 5.97 Å². The van der Waals surface area contributed by atoms with E-state index in [9.17, 15) is 18.3 Å². The number of aromatic carboxylic acids is 1. The molecule has 8 heteroatoms. The van der Waals surface area contributed by atoms with Crippen LogP contribution in [0.4, 0.5) is 11.5 Å². The van der Waals surface area contributed by atoms with Gasteiger partial charge in [0.25, 0.3) is 10.0 Å². The summed E-state index contributed by atoms with van der Waals surface area (Å²) in [4.78, 5) is 18.2. The van der Waals surface area contributed by atoms with Crippen molar-refractivity contribution >= 4 is 27.5 Å². The van der Waals surface area contributed by atoms with Gasteiger partial charge in [0.1, 0.15) is 11.4 Å². The molecule has 0 radical (unpaired) electrons. The molecule has 1 aliphatic rings. The van der Waals surface area contributed by atoms with E-state index in [4.69, 9.17) is 0 Å². The lowest BCUT2D eigenvalue weighted by Gasteiger charge is -2.27. The number of aryl methyl sites for hydroxylation is 1. The second-order valence-corrected chi connectivity index (χ2v) is 8.76. The van der Waals surface area contributed by atoms with E-state index in [1.54, 1.807) is 12.1 Å². The Kier molecular flexibility index (Phi) is 6.18. The molecule has 2 N–H and O–H groups in total. The molecule has 0 unspecified atom stereocenters. The summed E-state index contributed by atoms with van der Waals surface area (Å²) in [5, 5.41) is 9.65. The third-order valence-electron chi connectivity index (χ3n) is 4.84. The van der Waals surface area contributed by atoms with Gasteiger partial charge in [0.15, 0.2) is 0 Å². The fraction of sp³-hybridized carbons (Fsp3) is 0.400. The molecule has 1 aromatic carbocycles. The van der Waals surface area contributed by atoms with E-state index in [0.29, 0.717) is 5.82 Å². The maximum atomic E-state index is 12.6. The molecule has 0 amide bonds. The van der Waals surface area contributed by atoms with Crippen LogP contribution in [0.5, 0.6) is 0 Å². The maximum Gasteiger partial charge on any atom is 0.339 e. The first-order valence-electron chi connectivity index (χ1n) is 9.44. The van der Waals surface area contributed by atoms with Crippen molar-refractivity contribution in [2.75, 3.05) is 22.7 Å². The van der Waals surface area contributed by atoms with Crippen molar-refractivity contribution in [2.24, 2.45) is 0 Å². The van der Waals surface area contributed by atoms with E-state index in [1.807, 2.05) is 11.8 Å². The summed E-state index contributed by atoms with van der Waals surface area (Å²) in [6, 6.07) is 7.78. The summed E-state index contributed by atoms with van der Waals surface area (Å²) in [5.41, 5.74) is 1.09. The Morgan fingerprint density at radius 2 is 1.68 bits per heavy atom. The van der Waals surface area contributed by atoms with E-state index in [1.165, 1.54) is 30.8 Å². The third-order valence-corrected chi connectivity index (χ3v) is 6.23. The first-order valence-corrected chi connectivity index (χ1v) is 10.9. The molecule has 0 saturated carbocycles. The van der Waals surface area contributed by atoms with Gasteiger partial charge in [0, 0.05) is 13.1 Å². The number of anilines is 2. The van der Waals surface area contributed by atoms with E-state index in [2.05, 4.69) is 9.71 Å². The summed E-state index contributed by atoms with van der Waals surface area (Å²) in [5.74, 6) is -0.728. The van der Waals surface area contributed by atoms with Gasteiger partial charge in [-0.25, -0.2) is 18.2 Å². The molecule has 0 atom stereocenters. The average molecular weight is 404 g/mol. The molecule has 1 aromatic heterocycles. The van der Waals surface area contributed by atoms with Crippen LogP contribution >= 0.6 is 0 Å². The summed E-state index contributed by atoms with van der Waals surface area (Å²) < 4.78 is 27.6. The number of hydrogen-bond acceptors (Lipinski definition) is 5. The summed E-state index contributed by atoms with van der Waals surface area (Å²) >= 11 is 0. The van der Waals surface area contributed by atoms with Gasteiger partial charge in [-0.05, 0) is 38.0 Å². The smallest absolute Gasteiger partial charge is 0.339 e. The number of rotatable bonds is 5.